The van der Waals surface area contributed by atoms with Crippen molar-refractivity contribution in [3.8, 4) is 0 Å². The zero-order valence-corrected chi connectivity index (χ0v) is 24.2. The van der Waals surface area contributed by atoms with E-state index in [0.29, 0.717) is 23.0 Å². The maximum atomic E-state index is 12.4. The molecule has 10 atom stereocenters. The lowest BCUT2D eigenvalue weighted by atomic mass is 9.98. The molecule has 1 unspecified atom stereocenters. The van der Waals surface area contributed by atoms with Gasteiger partial charge in [0.05, 0.1) is 19.3 Å². The molecule has 41 heavy (non-hydrogen) atoms. The fourth-order valence-electron chi connectivity index (χ4n) is 4.55. The number of hydrogen-bond donors (Lipinski definition) is 10. The van der Waals surface area contributed by atoms with Crippen molar-refractivity contribution in [3.63, 3.8) is 0 Å². The zero-order valence-electron chi connectivity index (χ0n) is 22.6. The molecule has 2 heterocycles. The van der Waals surface area contributed by atoms with Crippen LogP contribution in [0.3, 0.4) is 0 Å². The SMILES string of the molecule is O=C(CCCCC1CCSS1)Nc1cccc(NC[C@H](O)[C@@H](O)[C@H](O[C@@H]2O[C@H](CO)[C@H](O)[C@H](O)[C@H]2O)[C@H](O)CO)c1. The number of unbranched alkanes of at least 4 members (excludes halogenated alkanes) is 1. The average Bonchev–Trinajstić information content (AvgIpc) is 3.50. The summed E-state index contributed by atoms with van der Waals surface area (Å²) < 4.78 is 10.7. The first-order valence-corrected chi connectivity index (χ1v) is 16.1. The van der Waals surface area contributed by atoms with Crippen molar-refractivity contribution < 1.29 is 55.1 Å². The Kier molecular flexibility index (Phi) is 14.4. The quantitative estimate of drug-likeness (QED) is 0.0790. The lowest BCUT2D eigenvalue weighted by Crippen LogP contribution is -2.61. The van der Waals surface area contributed by atoms with Gasteiger partial charge in [-0.25, -0.2) is 0 Å². The summed E-state index contributed by atoms with van der Waals surface area (Å²) in [6, 6.07) is 6.78. The van der Waals surface area contributed by atoms with Crippen LogP contribution in [0.25, 0.3) is 0 Å². The Bertz CT molecular complexity index is 927. The van der Waals surface area contributed by atoms with Crippen LogP contribution in [0.4, 0.5) is 11.4 Å². The Labute approximate surface area is 246 Å². The van der Waals surface area contributed by atoms with Crippen molar-refractivity contribution in [3.05, 3.63) is 24.3 Å². The standard InChI is InChI=1S/C26H42N2O11S2/c29-12-18(32)25(39-26-24(37)23(36)22(35)19(13-30)38-26)21(34)17(31)11-27-14-4-3-5-15(10-14)28-20(33)7-2-1-6-16-8-9-40-41-16/h3-5,10,16-19,21-27,29-32,34-37H,1-2,6-9,11-13H2,(H,28,33)/t16?,17-,18+,19+,21+,22-,23-,24+,25+,26-/m0/s1. The molecule has 0 aliphatic carbocycles. The van der Waals surface area contributed by atoms with E-state index in [9.17, 15) is 45.6 Å². The third-order valence-corrected chi connectivity index (χ3v) is 10.0. The minimum atomic E-state index is -1.81. The summed E-state index contributed by atoms with van der Waals surface area (Å²) in [5.74, 6) is 1.09. The number of aliphatic hydroxyl groups excluding tert-OH is 8. The molecule has 2 aliphatic rings. The summed E-state index contributed by atoms with van der Waals surface area (Å²) in [6.07, 6.45) is -10.4. The minimum absolute atomic E-state index is 0.0998. The molecule has 2 fully saturated rings. The highest BCUT2D eigenvalue weighted by atomic mass is 33.1. The topological polar surface area (TPSA) is 221 Å². The number of nitrogens with one attached hydrogen (secondary N) is 2. The molecule has 0 aromatic heterocycles. The summed E-state index contributed by atoms with van der Waals surface area (Å²) in [4.78, 5) is 12.4. The van der Waals surface area contributed by atoms with Gasteiger partial charge in [-0.3, -0.25) is 4.79 Å². The smallest absolute Gasteiger partial charge is 0.224 e. The molecule has 0 radical (unpaired) electrons. The summed E-state index contributed by atoms with van der Waals surface area (Å²) in [5, 5.41) is 86.9. The fraction of sp³-hybridized carbons (Fsp3) is 0.731. The van der Waals surface area contributed by atoms with Crippen LogP contribution in [0, 0.1) is 0 Å². The normalized spacial score (nSPS) is 29.5. The third-order valence-electron chi connectivity index (χ3n) is 7.01. The van der Waals surface area contributed by atoms with Gasteiger partial charge in [-0.2, -0.15) is 0 Å². The number of ether oxygens (including phenoxy) is 2. The van der Waals surface area contributed by atoms with Gasteiger partial charge in [-0.1, -0.05) is 34.1 Å². The van der Waals surface area contributed by atoms with Crippen molar-refractivity contribution in [2.45, 2.75) is 92.5 Å². The van der Waals surface area contributed by atoms with Crippen molar-refractivity contribution >= 4 is 38.9 Å². The largest absolute Gasteiger partial charge is 0.394 e. The zero-order chi connectivity index (χ0) is 29.9. The molecule has 13 nitrogen and oxygen atoms in total. The van der Waals surface area contributed by atoms with Crippen molar-refractivity contribution in [2.24, 2.45) is 0 Å². The molecule has 0 bridgehead atoms. The molecule has 0 saturated carbocycles. The third kappa shape index (κ3) is 10.2. The molecular formula is C26H42N2O11S2. The lowest BCUT2D eigenvalue weighted by molar-refractivity contribution is -0.326. The summed E-state index contributed by atoms with van der Waals surface area (Å²) >= 11 is 0. The first-order valence-electron chi connectivity index (χ1n) is 13.7. The fourth-order valence-corrected chi connectivity index (χ4v) is 7.58. The van der Waals surface area contributed by atoms with Crippen molar-refractivity contribution in [2.75, 3.05) is 36.1 Å². The monoisotopic (exact) mass is 622 g/mol. The first kappa shape index (κ1) is 34.3. The number of rotatable bonds is 16. The van der Waals surface area contributed by atoms with Gasteiger partial charge in [-0.05, 0) is 37.5 Å². The molecular weight excluding hydrogens is 580 g/mol. The lowest BCUT2D eigenvalue weighted by Gasteiger charge is -2.42. The van der Waals surface area contributed by atoms with Gasteiger partial charge in [0.15, 0.2) is 6.29 Å². The van der Waals surface area contributed by atoms with Crippen LogP contribution in [0.5, 0.6) is 0 Å². The van der Waals surface area contributed by atoms with Crippen LogP contribution in [0.15, 0.2) is 24.3 Å². The average molecular weight is 623 g/mol. The van der Waals surface area contributed by atoms with Crippen LogP contribution in [-0.4, -0.2) is 133 Å². The predicted octanol–water partition coefficient (Wildman–Crippen LogP) is -0.989. The molecule has 2 aliphatic heterocycles. The number of amides is 1. The Hall–Kier alpha value is -1.21. The maximum absolute atomic E-state index is 12.4. The van der Waals surface area contributed by atoms with Crippen molar-refractivity contribution in [1.82, 2.24) is 0 Å². The summed E-state index contributed by atoms with van der Waals surface area (Å²) in [7, 11) is 3.84. The molecule has 1 amide bonds. The highest BCUT2D eigenvalue weighted by Crippen LogP contribution is 2.40. The highest BCUT2D eigenvalue weighted by Gasteiger charge is 2.46. The van der Waals surface area contributed by atoms with Crippen LogP contribution in [0.1, 0.15) is 32.1 Å². The number of carbonyl (C=O) groups is 1. The van der Waals surface area contributed by atoms with Gasteiger partial charge in [0.2, 0.25) is 5.91 Å². The Morgan fingerprint density at radius 1 is 1.05 bits per heavy atom. The van der Waals surface area contributed by atoms with E-state index in [2.05, 4.69) is 10.6 Å². The predicted molar refractivity (Wildman–Crippen MR) is 154 cm³/mol. The van der Waals surface area contributed by atoms with Crippen LogP contribution >= 0.6 is 21.6 Å². The van der Waals surface area contributed by atoms with Gasteiger partial charge in [0.25, 0.3) is 0 Å². The Morgan fingerprint density at radius 3 is 2.49 bits per heavy atom. The van der Waals surface area contributed by atoms with Gasteiger partial charge in [0.1, 0.15) is 42.7 Å². The van der Waals surface area contributed by atoms with Crippen LogP contribution < -0.4 is 10.6 Å². The van der Waals surface area contributed by atoms with Gasteiger partial charge >= 0.3 is 0 Å². The minimum Gasteiger partial charge on any atom is -0.394 e. The van der Waals surface area contributed by atoms with E-state index in [1.807, 2.05) is 21.6 Å². The Balaban J connectivity index is 1.50. The van der Waals surface area contributed by atoms with E-state index in [0.717, 1.165) is 19.3 Å². The number of benzene rings is 1. The van der Waals surface area contributed by atoms with Crippen LogP contribution in [0.2, 0.25) is 0 Å². The number of hydrogen-bond acceptors (Lipinski definition) is 14. The summed E-state index contributed by atoms with van der Waals surface area (Å²) in [5.41, 5.74) is 1.08. The van der Waals surface area contributed by atoms with E-state index in [1.54, 1.807) is 24.3 Å². The Morgan fingerprint density at radius 2 is 1.80 bits per heavy atom. The molecule has 0 spiro atoms. The number of anilines is 2. The molecule has 1 aromatic carbocycles. The van der Waals surface area contributed by atoms with E-state index < -0.39 is 68.3 Å². The molecule has 1 aromatic rings. The second kappa shape index (κ2) is 17.2. The molecule has 10 N–H and O–H groups in total. The van der Waals surface area contributed by atoms with E-state index in [1.165, 1.54) is 12.2 Å². The van der Waals surface area contributed by atoms with Crippen molar-refractivity contribution in [1.29, 1.82) is 0 Å². The highest BCUT2D eigenvalue weighted by molar-refractivity contribution is 8.77. The van der Waals surface area contributed by atoms with Gasteiger partial charge in [-0.15, -0.1) is 0 Å². The number of carbonyl (C=O) groups excluding carboxylic acids is 1. The molecule has 234 valence electrons. The van der Waals surface area contributed by atoms with E-state index in [-0.39, 0.29) is 12.5 Å². The molecule has 3 rings (SSSR count). The number of aliphatic hydroxyl groups is 8. The van der Waals surface area contributed by atoms with E-state index in [4.69, 9.17) is 9.47 Å². The van der Waals surface area contributed by atoms with Gasteiger partial charge in [0, 0.05) is 35.3 Å². The second-order valence-corrected chi connectivity index (χ2v) is 13.0. The van der Waals surface area contributed by atoms with E-state index >= 15 is 0 Å². The molecule has 2 saturated heterocycles. The molecule has 15 heteroatoms. The second-order valence-electron chi connectivity index (χ2n) is 10.2. The summed E-state index contributed by atoms with van der Waals surface area (Å²) in [6.45, 7) is -1.83. The maximum Gasteiger partial charge on any atom is 0.224 e. The first-order chi connectivity index (χ1) is 19.6. The van der Waals surface area contributed by atoms with Crippen LogP contribution in [-0.2, 0) is 14.3 Å². The van der Waals surface area contributed by atoms with Gasteiger partial charge < -0.3 is 61.0 Å².